The lowest BCUT2D eigenvalue weighted by Gasteiger charge is -2.27. The third-order valence-electron chi connectivity index (χ3n) is 4.11. The molecular formula is C19H19N5O3. The molecule has 0 aliphatic heterocycles. The molecule has 138 valence electrons. The number of aromatic nitrogens is 4. The maximum absolute atomic E-state index is 12.9. The summed E-state index contributed by atoms with van der Waals surface area (Å²) in [7, 11) is 3.15. The van der Waals surface area contributed by atoms with E-state index in [0.29, 0.717) is 17.1 Å². The van der Waals surface area contributed by atoms with E-state index in [1.807, 2.05) is 6.07 Å². The van der Waals surface area contributed by atoms with Crippen LogP contribution in [0.25, 0.3) is 11.4 Å². The molecule has 8 nitrogen and oxygen atoms in total. The number of methoxy groups -OCH3 is 1. The first-order chi connectivity index (χ1) is 13.1. The van der Waals surface area contributed by atoms with Gasteiger partial charge in [-0.3, -0.25) is 19.6 Å². The third kappa shape index (κ3) is 4.06. The number of rotatable bonds is 6. The number of amides is 1. The van der Waals surface area contributed by atoms with Crippen molar-refractivity contribution in [2.45, 2.75) is 6.04 Å². The predicted molar refractivity (Wildman–Crippen MR) is 99.0 cm³/mol. The Hall–Kier alpha value is -3.39. The Morgan fingerprint density at radius 2 is 2.04 bits per heavy atom. The average molecular weight is 365 g/mol. The van der Waals surface area contributed by atoms with E-state index in [1.165, 1.54) is 11.1 Å². The van der Waals surface area contributed by atoms with Crippen molar-refractivity contribution in [1.29, 1.82) is 0 Å². The fourth-order valence-electron chi connectivity index (χ4n) is 2.65. The van der Waals surface area contributed by atoms with E-state index in [-0.39, 0.29) is 12.2 Å². The summed E-state index contributed by atoms with van der Waals surface area (Å²) >= 11 is 0. The molecule has 0 aliphatic carbocycles. The molecule has 3 heterocycles. The zero-order chi connectivity index (χ0) is 19.2. The Balaban J connectivity index is 1.89. The van der Waals surface area contributed by atoms with Crippen LogP contribution in [0.3, 0.4) is 0 Å². The molecule has 3 aromatic rings. The number of aromatic amines is 1. The van der Waals surface area contributed by atoms with Crippen molar-refractivity contribution in [3.8, 4) is 11.4 Å². The second kappa shape index (κ2) is 8.33. The predicted octanol–water partition coefficient (Wildman–Crippen LogP) is 1.69. The van der Waals surface area contributed by atoms with Crippen molar-refractivity contribution in [3.05, 3.63) is 76.7 Å². The zero-order valence-electron chi connectivity index (χ0n) is 15.0. The highest BCUT2D eigenvalue weighted by Gasteiger charge is 2.26. The Kier molecular flexibility index (Phi) is 5.68. The molecule has 0 aromatic carbocycles. The van der Waals surface area contributed by atoms with Crippen molar-refractivity contribution in [1.82, 2.24) is 24.8 Å². The minimum Gasteiger partial charge on any atom is -0.382 e. The average Bonchev–Trinajstić information content (AvgIpc) is 2.72. The van der Waals surface area contributed by atoms with Crippen molar-refractivity contribution in [2.75, 3.05) is 20.8 Å². The smallest absolute Gasteiger partial charge is 0.264 e. The van der Waals surface area contributed by atoms with Crippen LogP contribution in [0.2, 0.25) is 0 Å². The SMILES string of the molecule is COC[C@H](c1ccccn1)N(C)C(=O)c1cnc(-c2cccnc2)[nH]c1=O. The number of H-pyrrole nitrogens is 1. The van der Waals surface area contributed by atoms with Gasteiger partial charge in [0.1, 0.15) is 11.4 Å². The van der Waals surface area contributed by atoms with Gasteiger partial charge in [-0.15, -0.1) is 0 Å². The molecule has 1 N–H and O–H groups in total. The van der Waals surface area contributed by atoms with Gasteiger partial charge in [-0.25, -0.2) is 4.98 Å². The number of carbonyl (C=O) groups excluding carboxylic acids is 1. The van der Waals surface area contributed by atoms with E-state index in [9.17, 15) is 9.59 Å². The van der Waals surface area contributed by atoms with E-state index >= 15 is 0 Å². The second-order valence-electron chi connectivity index (χ2n) is 5.86. The summed E-state index contributed by atoms with van der Waals surface area (Å²) in [5, 5.41) is 0. The van der Waals surface area contributed by atoms with Gasteiger partial charge in [-0.1, -0.05) is 6.07 Å². The van der Waals surface area contributed by atoms with Gasteiger partial charge in [0.25, 0.3) is 11.5 Å². The van der Waals surface area contributed by atoms with Crippen molar-refractivity contribution < 1.29 is 9.53 Å². The Labute approximate surface area is 155 Å². The first-order valence-corrected chi connectivity index (χ1v) is 8.28. The number of hydrogen-bond acceptors (Lipinski definition) is 6. The molecule has 0 bridgehead atoms. The summed E-state index contributed by atoms with van der Waals surface area (Å²) in [6, 6.07) is 8.52. The normalized spacial score (nSPS) is 11.8. The van der Waals surface area contributed by atoms with Crippen LogP contribution in [0.4, 0.5) is 0 Å². The summed E-state index contributed by atoms with van der Waals surface area (Å²) in [5.74, 6) is -0.111. The maximum Gasteiger partial charge on any atom is 0.264 e. The van der Waals surface area contributed by atoms with E-state index in [2.05, 4.69) is 19.9 Å². The van der Waals surface area contributed by atoms with Gasteiger partial charge in [0.05, 0.1) is 18.3 Å². The van der Waals surface area contributed by atoms with Gasteiger partial charge in [0.15, 0.2) is 0 Å². The molecule has 27 heavy (non-hydrogen) atoms. The monoisotopic (exact) mass is 365 g/mol. The van der Waals surface area contributed by atoms with Crippen molar-refractivity contribution in [3.63, 3.8) is 0 Å². The lowest BCUT2D eigenvalue weighted by Crippen LogP contribution is -2.37. The van der Waals surface area contributed by atoms with Crippen LogP contribution in [-0.4, -0.2) is 51.5 Å². The molecule has 3 aromatic heterocycles. The van der Waals surface area contributed by atoms with Crippen LogP contribution in [-0.2, 0) is 4.74 Å². The van der Waals surface area contributed by atoms with E-state index in [1.54, 1.807) is 57.0 Å². The molecule has 0 aliphatic rings. The lowest BCUT2D eigenvalue weighted by molar-refractivity contribution is 0.0593. The molecule has 0 saturated carbocycles. The minimum absolute atomic E-state index is 0.0535. The van der Waals surface area contributed by atoms with Crippen LogP contribution < -0.4 is 5.56 Å². The van der Waals surface area contributed by atoms with E-state index < -0.39 is 17.5 Å². The van der Waals surface area contributed by atoms with Crippen LogP contribution in [0.1, 0.15) is 22.1 Å². The molecule has 1 amide bonds. The topological polar surface area (TPSA) is 101 Å². The highest BCUT2D eigenvalue weighted by atomic mass is 16.5. The van der Waals surface area contributed by atoms with Crippen molar-refractivity contribution >= 4 is 5.91 Å². The largest absolute Gasteiger partial charge is 0.382 e. The molecule has 0 fully saturated rings. The number of pyridine rings is 2. The maximum atomic E-state index is 12.9. The number of carbonyl (C=O) groups is 1. The number of ether oxygens (including phenoxy) is 1. The van der Waals surface area contributed by atoms with Gasteiger partial charge in [-0.05, 0) is 24.3 Å². The number of likely N-dealkylation sites (N-methyl/N-ethyl adjacent to an activating group) is 1. The zero-order valence-corrected chi connectivity index (χ0v) is 15.0. The molecule has 3 rings (SSSR count). The Bertz CT molecular complexity index is 960. The first-order valence-electron chi connectivity index (χ1n) is 8.28. The van der Waals surface area contributed by atoms with Crippen LogP contribution in [0.15, 0.2) is 59.9 Å². The molecule has 1 atom stereocenters. The van der Waals surface area contributed by atoms with Gasteiger partial charge >= 0.3 is 0 Å². The molecule has 0 saturated heterocycles. The fraction of sp³-hybridized carbons (Fsp3) is 0.211. The summed E-state index contributed by atoms with van der Waals surface area (Å²) in [6.45, 7) is 0.248. The van der Waals surface area contributed by atoms with Gasteiger partial charge in [-0.2, -0.15) is 0 Å². The highest BCUT2D eigenvalue weighted by Crippen LogP contribution is 2.19. The molecule has 0 radical (unpaired) electrons. The second-order valence-corrected chi connectivity index (χ2v) is 5.86. The van der Waals surface area contributed by atoms with Crippen LogP contribution in [0, 0.1) is 0 Å². The molecular weight excluding hydrogens is 346 g/mol. The van der Waals surface area contributed by atoms with E-state index in [4.69, 9.17) is 4.74 Å². The fourth-order valence-corrected chi connectivity index (χ4v) is 2.65. The Morgan fingerprint density at radius 1 is 1.19 bits per heavy atom. The number of nitrogens with zero attached hydrogens (tertiary/aromatic N) is 4. The van der Waals surface area contributed by atoms with Crippen LogP contribution >= 0.6 is 0 Å². The lowest BCUT2D eigenvalue weighted by atomic mass is 10.1. The standard InChI is InChI=1S/C19H19N5O3/c1-24(16(12-27-2)15-7-3-4-9-21-15)19(26)14-11-22-17(23-18(14)25)13-6-5-8-20-10-13/h3-11,16H,12H2,1-2H3,(H,22,23,25)/t16-/m1/s1. The quantitative estimate of drug-likeness (QED) is 0.713. The van der Waals surface area contributed by atoms with Gasteiger partial charge in [0.2, 0.25) is 0 Å². The molecule has 0 spiro atoms. The summed E-state index contributed by atoms with van der Waals surface area (Å²) in [4.78, 5) is 41.9. The van der Waals surface area contributed by atoms with Crippen molar-refractivity contribution in [2.24, 2.45) is 0 Å². The van der Waals surface area contributed by atoms with Crippen LogP contribution in [0.5, 0.6) is 0 Å². The summed E-state index contributed by atoms with van der Waals surface area (Å²) in [6.07, 6.45) is 6.14. The summed E-state index contributed by atoms with van der Waals surface area (Å²) < 4.78 is 5.23. The van der Waals surface area contributed by atoms with E-state index in [0.717, 1.165) is 0 Å². The molecule has 0 unspecified atom stereocenters. The molecule has 8 heteroatoms. The highest BCUT2D eigenvalue weighted by molar-refractivity contribution is 5.93. The number of nitrogens with one attached hydrogen (secondary N) is 1. The number of hydrogen-bond donors (Lipinski definition) is 1. The third-order valence-corrected chi connectivity index (χ3v) is 4.11. The van der Waals surface area contributed by atoms with Gasteiger partial charge in [0, 0.05) is 44.5 Å². The minimum atomic E-state index is -0.516. The first kappa shape index (κ1) is 18.4. The Morgan fingerprint density at radius 3 is 2.67 bits per heavy atom. The summed E-state index contributed by atoms with van der Waals surface area (Å²) in [5.41, 5.74) is 0.763. The van der Waals surface area contributed by atoms with Gasteiger partial charge < -0.3 is 14.6 Å².